The summed E-state index contributed by atoms with van der Waals surface area (Å²) < 4.78 is 0. The molecule has 1 aliphatic rings. The minimum Gasteiger partial charge on any atom is -0.465 e. The number of carboxylic acid groups (broad SMARTS) is 1. The van der Waals surface area contributed by atoms with Crippen molar-refractivity contribution >= 4 is 17.5 Å². The molecule has 1 unspecified atom stereocenters. The lowest BCUT2D eigenvalue weighted by molar-refractivity contribution is -0.384. The molecule has 0 saturated carbocycles. The second-order valence-corrected chi connectivity index (χ2v) is 4.30. The normalized spacial score (nSPS) is 18.3. The summed E-state index contributed by atoms with van der Waals surface area (Å²) in [6.07, 6.45) is 3.32. The number of nitrogens with zero attached hydrogens (tertiary/aromatic N) is 3. The Balaban J connectivity index is 2.20. The Morgan fingerprint density at radius 1 is 1.68 bits per heavy atom. The number of anilines is 1. The lowest BCUT2D eigenvalue weighted by Crippen LogP contribution is -2.40. The molecule has 8 nitrogen and oxygen atoms in total. The van der Waals surface area contributed by atoms with Gasteiger partial charge in [0.15, 0.2) is 0 Å². The van der Waals surface area contributed by atoms with Crippen LogP contribution >= 0.6 is 0 Å². The molecule has 1 amide bonds. The minimum absolute atomic E-state index is 0.0512. The van der Waals surface area contributed by atoms with E-state index >= 15 is 0 Å². The SMILES string of the molecule is O=C(O)NCC1CCCN1c1ccncc1[N+](=O)[O-]. The Morgan fingerprint density at radius 2 is 2.47 bits per heavy atom. The van der Waals surface area contributed by atoms with Crippen LogP contribution in [0.1, 0.15) is 12.8 Å². The van der Waals surface area contributed by atoms with Gasteiger partial charge in [0.1, 0.15) is 11.9 Å². The highest BCUT2D eigenvalue weighted by Gasteiger charge is 2.29. The number of rotatable bonds is 4. The molecule has 1 aliphatic heterocycles. The molecule has 1 fully saturated rings. The smallest absolute Gasteiger partial charge is 0.404 e. The molecule has 2 rings (SSSR count). The lowest BCUT2D eigenvalue weighted by Gasteiger charge is -2.26. The van der Waals surface area contributed by atoms with Gasteiger partial charge in [0.2, 0.25) is 0 Å². The van der Waals surface area contributed by atoms with E-state index in [0.29, 0.717) is 12.2 Å². The second-order valence-electron chi connectivity index (χ2n) is 4.30. The Morgan fingerprint density at radius 3 is 3.16 bits per heavy atom. The third kappa shape index (κ3) is 2.90. The first-order valence-electron chi connectivity index (χ1n) is 5.91. The van der Waals surface area contributed by atoms with Gasteiger partial charge in [-0.1, -0.05) is 0 Å². The summed E-state index contributed by atoms with van der Waals surface area (Å²) in [6.45, 7) is 0.936. The maximum absolute atomic E-state index is 11.0. The molecule has 1 saturated heterocycles. The Hall–Kier alpha value is -2.38. The number of amides is 1. The molecule has 2 N–H and O–H groups in total. The zero-order valence-corrected chi connectivity index (χ0v) is 10.2. The van der Waals surface area contributed by atoms with Crippen LogP contribution in [0.25, 0.3) is 0 Å². The van der Waals surface area contributed by atoms with E-state index < -0.39 is 11.0 Å². The third-order valence-electron chi connectivity index (χ3n) is 3.15. The molecule has 19 heavy (non-hydrogen) atoms. The van der Waals surface area contributed by atoms with Crippen LogP contribution in [0.2, 0.25) is 0 Å². The van der Waals surface area contributed by atoms with Crippen molar-refractivity contribution in [2.45, 2.75) is 18.9 Å². The number of hydrogen-bond donors (Lipinski definition) is 2. The fourth-order valence-electron chi connectivity index (χ4n) is 2.33. The standard InChI is InChI=1S/C11H14N4O4/c16-11(17)13-6-8-2-1-5-14(8)9-3-4-12-7-10(9)15(18)19/h3-4,7-8,13H,1-2,5-6H2,(H,16,17). The van der Waals surface area contributed by atoms with Crippen molar-refractivity contribution in [1.29, 1.82) is 0 Å². The number of nitro groups is 1. The molecule has 8 heteroatoms. The van der Waals surface area contributed by atoms with Crippen LogP contribution < -0.4 is 10.2 Å². The van der Waals surface area contributed by atoms with Crippen molar-refractivity contribution in [2.75, 3.05) is 18.0 Å². The van der Waals surface area contributed by atoms with E-state index in [9.17, 15) is 14.9 Å². The second kappa shape index (κ2) is 5.51. The van der Waals surface area contributed by atoms with Crippen molar-refractivity contribution in [3.05, 3.63) is 28.6 Å². The predicted octanol–water partition coefficient (Wildman–Crippen LogP) is 1.23. The van der Waals surface area contributed by atoms with Gasteiger partial charge in [-0.25, -0.2) is 4.79 Å². The minimum atomic E-state index is -1.09. The number of nitrogens with one attached hydrogen (secondary N) is 1. The van der Waals surface area contributed by atoms with E-state index in [2.05, 4.69) is 10.3 Å². The maximum Gasteiger partial charge on any atom is 0.404 e. The first-order chi connectivity index (χ1) is 9.09. The molecule has 1 atom stereocenters. The average Bonchev–Trinajstić information content (AvgIpc) is 2.84. The maximum atomic E-state index is 11.0. The van der Waals surface area contributed by atoms with Gasteiger partial charge in [0, 0.05) is 25.3 Å². The van der Waals surface area contributed by atoms with Crippen LogP contribution in [0.4, 0.5) is 16.2 Å². The van der Waals surface area contributed by atoms with Gasteiger partial charge in [-0.05, 0) is 18.9 Å². The first kappa shape index (κ1) is 13.1. The van der Waals surface area contributed by atoms with E-state index in [4.69, 9.17) is 5.11 Å². The van der Waals surface area contributed by atoms with Crippen molar-refractivity contribution in [1.82, 2.24) is 10.3 Å². The van der Waals surface area contributed by atoms with Crippen molar-refractivity contribution in [3.63, 3.8) is 0 Å². The van der Waals surface area contributed by atoms with Gasteiger partial charge in [0.25, 0.3) is 0 Å². The summed E-state index contributed by atoms with van der Waals surface area (Å²) in [5.74, 6) is 0. The Labute approximate surface area is 109 Å². The molecule has 0 bridgehead atoms. The van der Waals surface area contributed by atoms with Crippen LogP contribution in [0.3, 0.4) is 0 Å². The number of hydrogen-bond acceptors (Lipinski definition) is 5. The molecule has 1 aromatic heterocycles. The molecular weight excluding hydrogens is 252 g/mol. The molecule has 0 spiro atoms. The molecule has 102 valence electrons. The number of carbonyl (C=O) groups is 1. The van der Waals surface area contributed by atoms with Crippen molar-refractivity contribution in [2.24, 2.45) is 0 Å². The molecular formula is C11H14N4O4. The van der Waals surface area contributed by atoms with Crippen molar-refractivity contribution < 1.29 is 14.8 Å². The summed E-state index contributed by atoms with van der Waals surface area (Å²) in [4.78, 5) is 26.7. The zero-order chi connectivity index (χ0) is 13.8. The van der Waals surface area contributed by atoms with Gasteiger partial charge < -0.3 is 15.3 Å². The summed E-state index contributed by atoms with van der Waals surface area (Å²) >= 11 is 0. The fraction of sp³-hybridized carbons (Fsp3) is 0.455. The topological polar surface area (TPSA) is 109 Å². The summed E-state index contributed by atoms with van der Waals surface area (Å²) in [7, 11) is 0. The third-order valence-corrected chi connectivity index (χ3v) is 3.15. The Bertz CT molecular complexity index is 493. The van der Waals surface area contributed by atoms with E-state index in [1.807, 2.05) is 4.90 Å². The monoisotopic (exact) mass is 266 g/mol. The van der Waals surface area contributed by atoms with Gasteiger partial charge in [-0.2, -0.15) is 0 Å². The van der Waals surface area contributed by atoms with E-state index in [-0.39, 0.29) is 18.3 Å². The van der Waals surface area contributed by atoms with Gasteiger partial charge in [-0.3, -0.25) is 15.1 Å². The largest absolute Gasteiger partial charge is 0.465 e. The Kier molecular flexibility index (Phi) is 3.79. The molecule has 0 aromatic carbocycles. The van der Waals surface area contributed by atoms with Gasteiger partial charge >= 0.3 is 11.8 Å². The summed E-state index contributed by atoms with van der Waals surface area (Å²) in [6, 6.07) is 1.54. The predicted molar refractivity (Wildman–Crippen MR) is 67.3 cm³/mol. The summed E-state index contributed by atoms with van der Waals surface area (Å²) in [5.41, 5.74) is 0.444. The van der Waals surface area contributed by atoms with Crippen molar-refractivity contribution in [3.8, 4) is 0 Å². The molecule has 2 heterocycles. The molecule has 1 aromatic rings. The van der Waals surface area contributed by atoms with E-state index in [1.54, 1.807) is 6.07 Å². The molecule has 0 radical (unpaired) electrons. The van der Waals surface area contributed by atoms with E-state index in [1.165, 1.54) is 12.4 Å². The lowest BCUT2D eigenvalue weighted by atomic mass is 10.2. The van der Waals surface area contributed by atoms with E-state index in [0.717, 1.165) is 12.8 Å². The van der Waals surface area contributed by atoms with Gasteiger partial charge in [-0.15, -0.1) is 0 Å². The number of aromatic nitrogens is 1. The highest BCUT2D eigenvalue weighted by atomic mass is 16.6. The first-order valence-corrected chi connectivity index (χ1v) is 5.91. The fourth-order valence-corrected chi connectivity index (χ4v) is 2.33. The van der Waals surface area contributed by atoms with Gasteiger partial charge in [0.05, 0.1) is 4.92 Å². The van der Waals surface area contributed by atoms with Crippen LogP contribution in [0.15, 0.2) is 18.5 Å². The summed E-state index contributed by atoms with van der Waals surface area (Å²) in [5, 5.41) is 21.9. The van der Waals surface area contributed by atoms with Crippen LogP contribution in [0.5, 0.6) is 0 Å². The van der Waals surface area contributed by atoms with Crippen LogP contribution in [-0.2, 0) is 0 Å². The number of pyridine rings is 1. The highest BCUT2D eigenvalue weighted by molar-refractivity contribution is 5.65. The average molecular weight is 266 g/mol. The zero-order valence-electron chi connectivity index (χ0n) is 10.2. The van der Waals surface area contributed by atoms with Crippen LogP contribution in [-0.4, -0.2) is 40.2 Å². The molecule has 0 aliphatic carbocycles. The van der Waals surface area contributed by atoms with Crippen LogP contribution in [0, 0.1) is 10.1 Å². The quantitative estimate of drug-likeness (QED) is 0.626. The highest BCUT2D eigenvalue weighted by Crippen LogP contribution is 2.32.